The molecule has 0 aliphatic carbocycles. The van der Waals surface area contributed by atoms with Crippen molar-refractivity contribution >= 4 is 0 Å². The second kappa shape index (κ2) is 6.79. The van der Waals surface area contributed by atoms with Crippen LogP contribution in [-0.4, -0.2) is 23.3 Å². The molecule has 1 aromatic heterocycles. The van der Waals surface area contributed by atoms with Crippen LogP contribution in [0.15, 0.2) is 48.8 Å². The predicted molar refractivity (Wildman–Crippen MR) is 77.2 cm³/mol. The van der Waals surface area contributed by atoms with Crippen LogP contribution in [0.5, 0.6) is 5.75 Å². The summed E-state index contributed by atoms with van der Waals surface area (Å²) in [6.07, 6.45) is -1.30. The molecule has 0 aliphatic heterocycles. The molecule has 0 bridgehead atoms. The van der Waals surface area contributed by atoms with Crippen molar-refractivity contribution in [3.63, 3.8) is 0 Å². The molecule has 0 unspecified atom stereocenters. The Morgan fingerprint density at radius 2 is 1.77 bits per heavy atom. The Morgan fingerprint density at radius 3 is 2.41 bits per heavy atom. The Hall–Kier alpha value is -2.08. The first kappa shape index (κ1) is 16.3. The zero-order valence-electron chi connectivity index (χ0n) is 12.3. The molecule has 118 valence electrons. The van der Waals surface area contributed by atoms with Gasteiger partial charge in [0.05, 0.1) is 0 Å². The van der Waals surface area contributed by atoms with E-state index in [1.165, 1.54) is 12.1 Å². The van der Waals surface area contributed by atoms with Crippen LogP contribution in [0.4, 0.5) is 13.2 Å². The molecule has 2 rings (SSSR count). The fourth-order valence-corrected chi connectivity index (χ4v) is 2.16. The maximum absolute atomic E-state index is 12.4. The van der Waals surface area contributed by atoms with Gasteiger partial charge in [-0.15, -0.1) is 13.2 Å². The standard InChI is InChI=1S/C16H17F3N2O/c1-12(13-7-9-20-10-8-13)21(2)11-14-5-3-4-6-15(14)22-16(17,18)19/h3-10,12H,11H2,1-2H3/t12-/m0/s1. The van der Waals surface area contributed by atoms with Gasteiger partial charge in [-0.25, -0.2) is 0 Å². The number of benzene rings is 1. The van der Waals surface area contributed by atoms with Crippen molar-refractivity contribution in [3.8, 4) is 5.75 Å². The van der Waals surface area contributed by atoms with E-state index in [2.05, 4.69) is 9.72 Å². The first-order valence-electron chi connectivity index (χ1n) is 6.80. The van der Waals surface area contributed by atoms with Crippen molar-refractivity contribution in [1.82, 2.24) is 9.88 Å². The van der Waals surface area contributed by atoms with Crippen LogP contribution in [0.25, 0.3) is 0 Å². The summed E-state index contributed by atoms with van der Waals surface area (Å²) in [6, 6.07) is 10.0. The molecule has 1 heterocycles. The van der Waals surface area contributed by atoms with E-state index >= 15 is 0 Å². The van der Waals surface area contributed by atoms with Gasteiger partial charge < -0.3 is 4.74 Å². The van der Waals surface area contributed by atoms with Gasteiger partial charge in [-0.3, -0.25) is 9.88 Å². The normalized spacial score (nSPS) is 13.2. The highest BCUT2D eigenvalue weighted by molar-refractivity contribution is 5.33. The highest BCUT2D eigenvalue weighted by atomic mass is 19.4. The number of rotatable bonds is 5. The SMILES string of the molecule is C[C@@H](c1ccncc1)N(C)Cc1ccccc1OC(F)(F)F. The summed E-state index contributed by atoms with van der Waals surface area (Å²) < 4.78 is 41.4. The molecule has 0 saturated carbocycles. The Kier molecular flexibility index (Phi) is 5.03. The smallest absolute Gasteiger partial charge is 0.405 e. The molecule has 3 nitrogen and oxygen atoms in total. The fraction of sp³-hybridized carbons (Fsp3) is 0.312. The highest BCUT2D eigenvalue weighted by Gasteiger charge is 2.32. The number of aromatic nitrogens is 1. The lowest BCUT2D eigenvalue weighted by atomic mass is 10.1. The van der Waals surface area contributed by atoms with Gasteiger partial charge in [-0.05, 0) is 37.7 Å². The average Bonchev–Trinajstić information content (AvgIpc) is 2.48. The molecule has 22 heavy (non-hydrogen) atoms. The molecule has 0 fully saturated rings. The number of halogens is 3. The van der Waals surface area contributed by atoms with Gasteiger partial charge in [0, 0.05) is 30.5 Å². The van der Waals surface area contributed by atoms with Crippen molar-refractivity contribution in [1.29, 1.82) is 0 Å². The Bertz CT molecular complexity index is 602. The van der Waals surface area contributed by atoms with Crippen LogP contribution in [0.2, 0.25) is 0 Å². The summed E-state index contributed by atoms with van der Waals surface area (Å²) >= 11 is 0. The van der Waals surface area contributed by atoms with Crippen molar-refractivity contribution in [3.05, 3.63) is 59.9 Å². The number of ether oxygens (including phenoxy) is 1. The van der Waals surface area contributed by atoms with Gasteiger partial charge >= 0.3 is 6.36 Å². The molecule has 6 heteroatoms. The van der Waals surface area contributed by atoms with Gasteiger partial charge in [0.2, 0.25) is 0 Å². The van der Waals surface area contributed by atoms with E-state index < -0.39 is 6.36 Å². The van der Waals surface area contributed by atoms with Crippen molar-refractivity contribution in [2.24, 2.45) is 0 Å². The number of pyridine rings is 1. The molecular weight excluding hydrogens is 293 g/mol. The van der Waals surface area contributed by atoms with E-state index in [1.54, 1.807) is 24.5 Å². The molecule has 0 aliphatic rings. The maximum Gasteiger partial charge on any atom is 0.573 e. The van der Waals surface area contributed by atoms with E-state index in [0.29, 0.717) is 12.1 Å². The lowest BCUT2D eigenvalue weighted by Crippen LogP contribution is -2.23. The third kappa shape index (κ3) is 4.46. The highest BCUT2D eigenvalue weighted by Crippen LogP contribution is 2.28. The Labute approximate surface area is 127 Å². The third-order valence-corrected chi connectivity index (χ3v) is 3.47. The molecule has 0 spiro atoms. The summed E-state index contributed by atoms with van der Waals surface area (Å²) in [6.45, 7) is 2.33. The van der Waals surface area contributed by atoms with Crippen LogP contribution in [0, 0.1) is 0 Å². The summed E-state index contributed by atoms with van der Waals surface area (Å²) in [5.74, 6) is -0.163. The van der Waals surface area contributed by atoms with Gasteiger partial charge in [0.1, 0.15) is 5.75 Å². The molecule has 0 amide bonds. The monoisotopic (exact) mass is 310 g/mol. The van der Waals surface area contributed by atoms with Gasteiger partial charge in [-0.1, -0.05) is 18.2 Å². The lowest BCUT2D eigenvalue weighted by molar-refractivity contribution is -0.275. The summed E-state index contributed by atoms with van der Waals surface area (Å²) in [5.41, 5.74) is 1.54. The summed E-state index contributed by atoms with van der Waals surface area (Å²) in [7, 11) is 1.86. The molecule has 0 saturated heterocycles. The van der Waals surface area contributed by atoms with E-state index in [9.17, 15) is 13.2 Å². The van der Waals surface area contributed by atoms with E-state index in [4.69, 9.17) is 0 Å². The van der Waals surface area contributed by atoms with Crippen LogP contribution in [-0.2, 0) is 6.54 Å². The number of hydrogen-bond acceptors (Lipinski definition) is 3. The first-order valence-corrected chi connectivity index (χ1v) is 6.80. The predicted octanol–water partition coefficient (Wildman–Crippen LogP) is 4.17. The molecule has 0 N–H and O–H groups in total. The van der Waals surface area contributed by atoms with E-state index in [0.717, 1.165) is 5.56 Å². The largest absolute Gasteiger partial charge is 0.573 e. The van der Waals surface area contributed by atoms with E-state index in [-0.39, 0.29) is 11.8 Å². The fourth-order valence-electron chi connectivity index (χ4n) is 2.16. The first-order chi connectivity index (χ1) is 10.4. The second-order valence-electron chi connectivity index (χ2n) is 5.03. The minimum absolute atomic E-state index is 0.0435. The molecule has 1 aromatic carbocycles. The average molecular weight is 310 g/mol. The van der Waals surface area contributed by atoms with Crippen LogP contribution >= 0.6 is 0 Å². The van der Waals surface area contributed by atoms with Crippen LogP contribution < -0.4 is 4.74 Å². The number of para-hydroxylation sites is 1. The van der Waals surface area contributed by atoms with Crippen LogP contribution in [0.3, 0.4) is 0 Å². The molecular formula is C16H17F3N2O. The molecule has 0 radical (unpaired) electrons. The zero-order chi connectivity index (χ0) is 16.2. The van der Waals surface area contributed by atoms with Gasteiger partial charge in [-0.2, -0.15) is 0 Å². The van der Waals surface area contributed by atoms with Crippen LogP contribution in [0.1, 0.15) is 24.1 Å². The van der Waals surface area contributed by atoms with Gasteiger partial charge in [0.25, 0.3) is 0 Å². The third-order valence-electron chi connectivity index (χ3n) is 3.47. The Balaban J connectivity index is 2.13. The molecule has 2 aromatic rings. The molecule has 1 atom stereocenters. The number of hydrogen-bond donors (Lipinski definition) is 0. The second-order valence-corrected chi connectivity index (χ2v) is 5.03. The quantitative estimate of drug-likeness (QED) is 0.828. The maximum atomic E-state index is 12.4. The number of nitrogens with zero attached hydrogens (tertiary/aromatic N) is 2. The summed E-state index contributed by atoms with van der Waals surface area (Å²) in [5, 5.41) is 0. The minimum Gasteiger partial charge on any atom is -0.405 e. The lowest BCUT2D eigenvalue weighted by Gasteiger charge is -2.26. The number of alkyl halides is 3. The van der Waals surface area contributed by atoms with Crippen molar-refractivity contribution < 1.29 is 17.9 Å². The van der Waals surface area contributed by atoms with Gasteiger partial charge in [0.15, 0.2) is 0 Å². The van der Waals surface area contributed by atoms with Crippen molar-refractivity contribution in [2.45, 2.75) is 25.9 Å². The topological polar surface area (TPSA) is 25.4 Å². The van der Waals surface area contributed by atoms with E-state index in [1.807, 2.05) is 31.0 Å². The zero-order valence-corrected chi connectivity index (χ0v) is 12.3. The minimum atomic E-state index is -4.69. The summed E-state index contributed by atoms with van der Waals surface area (Å²) in [4.78, 5) is 5.91. The van der Waals surface area contributed by atoms with Crippen molar-refractivity contribution in [2.75, 3.05) is 7.05 Å². The Morgan fingerprint density at radius 1 is 1.14 bits per heavy atom.